The maximum atomic E-state index is 13.2. The summed E-state index contributed by atoms with van der Waals surface area (Å²) in [6, 6.07) is 53.7. The van der Waals surface area contributed by atoms with Crippen LogP contribution in [0.25, 0.3) is 0 Å². The van der Waals surface area contributed by atoms with Gasteiger partial charge in [0.05, 0.1) is 113 Å². The molecule has 9 aromatic rings. The van der Waals surface area contributed by atoms with E-state index in [2.05, 4.69) is 26.7 Å². The van der Waals surface area contributed by atoms with Crippen LogP contribution >= 0.6 is 0 Å². The normalized spacial score (nSPS) is 10.9. The molecule has 0 aromatic heterocycles. The molecule has 0 amide bonds. The summed E-state index contributed by atoms with van der Waals surface area (Å²) in [5, 5.41) is 0. The predicted octanol–water partition coefficient (Wildman–Crippen LogP) is 20.1. The van der Waals surface area contributed by atoms with Crippen LogP contribution in [0.3, 0.4) is 0 Å². The van der Waals surface area contributed by atoms with Crippen molar-refractivity contribution in [2.45, 2.75) is 130 Å². The van der Waals surface area contributed by atoms with Crippen molar-refractivity contribution in [1.82, 2.24) is 0 Å². The summed E-state index contributed by atoms with van der Waals surface area (Å²) in [4.78, 5) is 113. The molecule has 0 unspecified atom stereocenters. The monoisotopic (exact) mass is 1810 g/mol. The summed E-state index contributed by atoms with van der Waals surface area (Å²) >= 11 is 0. The fourth-order valence-electron chi connectivity index (χ4n) is 12.9. The van der Waals surface area contributed by atoms with Gasteiger partial charge in [-0.15, -0.1) is 0 Å². The van der Waals surface area contributed by atoms with Crippen LogP contribution in [-0.4, -0.2) is 153 Å². The van der Waals surface area contributed by atoms with E-state index in [0.29, 0.717) is 209 Å². The minimum Gasteiger partial charge on any atom is -0.494 e. The molecule has 0 fully saturated rings. The lowest BCUT2D eigenvalue weighted by Gasteiger charge is -2.32. The number of esters is 9. The molecule has 0 aliphatic rings. The number of carbonyl (C=O) groups is 9. The van der Waals surface area contributed by atoms with Gasteiger partial charge in [-0.1, -0.05) is 26.7 Å². The highest BCUT2D eigenvalue weighted by Gasteiger charge is 2.30. The minimum atomic E-state index is -0.595. The van der Waals surface area contributed by atoms with Crippen molar-refractivity contribution in [1.29, 1.82) is 0 Å². The Kier molecular flexibility index (Phi) is 43.6. The van der Waals surface area contributed by atoms with E-state index in [0.717, 1.165) is 95.3 Å². The lowest BCUT2D eigenvalue weighted by molar-refractivity contribution is -0.138. The number of aryl methyl sites for hydroxylation is 3. The lowest BCUT2D eigenvalue weighted by Crippen LogP contribution is -2.37. The van der Waals surface area contributed by atoms with Gasteiger partial charge in [0.25, 0.3) is 0 Å². The van der Waals surface area contributed by atoms with Crippen LogP contribution in [0.5, 0.6) is 69.0 Å². The van der Waals surface area contributed by atoms with Crippen molar-refractivity contribution in [3.05, 3.63) is 288 Å². The zero-order valence-electron chi connectivity index (χ0n) is 75.3. The van der Waals surface area contributed by atoms with Crippen molar-refractivity contribution < 1.29 is 128 Å². The second-order valence-electron chi connectivity index (χ2n) is 30.8. The number of unbranched alkanes of at least 4 members (excludes halogenated alkanes) is 9. The van der Waals surface area contributed by atoms with Crippen LogP contribution in [0.1, 0.15) is 188 Å². The third kappa shape index (κ3) is 36.6. The first kappa shape index (κ1) is 102. The quantitative estimate of drug-likeness (QED) is 0.0112. The topological polar surface area (TPSA) is 320 Å². The molecule has 27 heteroatoms. The molecular weight excluding hydrogens is 1690 g/mol. The van der Waals surface area contributed by atoms with E-state index in [-0.39, 0.29) is 34.5 Å². The van der Waals surface area contributed by atoms with Gasteiger partial charge in [-0.2, -0.15) is 0 Å². The van der Waals surface area contributed by atoms with E-state index in [1.807, 2.05) is 0 Å². The Morgan fingerprint density at radius 2 is 0.447 bits per heavy atom. The molecule has 0 aliphatic carbocycles. The van der Waals surface area contributed by atoms with Crippen LogP contribution in [0, 0.1) is 26.2 Å². The summed E-state index contributed by atoms with van der Waals surface area (Å²) in [5.41, 5.74) is 3.50. The molecule has 9 aromatic carbocycles. The summed E-state index contributed by atoms with van der Waals surface area (Å²) in [6.07, 6.45) is 15.9. The van der Waals surface area contributed by atoms with Gasteiger partial charge in [-0.05, 0) is 321 Å². The first-order chi connectivity index (χ1) is 64.2. The maximum Gasteiger partial charge on any atom is 0.343 e. The van der Waals surface area contributed by atoms with Gasteiger partial charge < -0.3 is 85.3 Å². The highest BCUT2D eigenvalue weighted by molar-refractivity contribution is 5.96. The number of rotatable bonds is 61. The number of ether oxygens (including phenoxy) is 18. The number of carbonyl (C=O) groups excluding carboxylic acids is 9. The van der Waals surface area contributed by atoms with Crippen LogP contribution < -0.4 is 56.8 Å². The van der Waals surface area contributed by atoms with Gasteiger partial charge in [-0.25, -0.2) is 43.2 Å². The van der Waals surface area contributed by atoms with E-state index >= 15 is 0 Å². The average molecular weight is 1810 g/mol. The van der Waals surface area contributed by atoms with Crippen LogP contribution in [-0.2, 0) is 42.8 Å². The second kappa shape index (κ2) is 56.5. The predicted molar refractivity (Wildman–Crippen MR) is 493 cm³/mol. The van der Waals surface area contributed by atoms with Gasteiger partial charge in [0, 0.05) is 62.7 Å². The average Bonchev–Trinajstić information content (AvgIpc) is 0.842. The van der Waals surface area contributed by atoms with E-state index in [9.17, 15) is 43.2 Å². The molecule has 0 aliphatic heterocycles. The highest BCUT2D eigenvalue weighted by atomic mass is 16.6. The van der Waals surface area contributed by atoms with Crippen molar-refractivity contribution in [3.63, 3.8) is 0 Å². The summed E-state index contributed by atoms with van der Waals surface area (Å²) < 4.78 is 104. The Morgan fingerprint density at radius 1 is 0.242 bits per heavy atom. The van der Waals surface area contributed by atoms with E-state index in [4.69, 9.17) is 85.3 Å². The zero-order chi connectivity index (χ0) is 93.9. The Bertz CT molecular complexity index is 4670. The maximum absolute atomic E-state index is 13.2. The van der Waals surface area contributed by atoms with Crippen molar-refractivity contribution in [2.24, 2.45) is 5.41 Å². The first-order valence-electron chi connectivity index (χ1n) is 44.3. The smallest absolute Gasteiger partial charge is 0.343 e. The van der Waals surface area contributed by atoms with Gasteiger partial charge in [0.1, 0.15) is 69.0 Å². The summed E-state index contributed by atoms with van der Waals surface area (Å²) in [6.45, 7) is 23.2. The Labute approximate surface area is 770 Å². The molecule has 0 saturated heterocycles. The van der Waals surface area contributed by atoms with Crippen LogP contribution in [0.15, 0.2) is 238 Å². The molecule has 0 saturated carbocycles. The fraction of sp³-hybridized carbons (Fsp3) is 0.343. The molecule has 698 valence electrons. The van der Waals surface area contributed by atoms with Gasteiger partial charge in [-0.3, -0.25) is 0 Å². The Hall–Kier alpha value is -13.9. The first-order valence-corrected chi connectivity index (χ1v) is 44.3. The third-order valence-corrected chi connectivity index (χ3v) is 20.5. The summed E-state index contributed by atoms with van der Waals surface area (Å²) in [5.74, 6) is 0.316. The largest absolute Gasteiger partial charge is 0.494 e. The van der Waals surface area contributed by atoms with Crippen LogP contribution in [0.4, 0.5) is 0 Å². The third-order valence-electron chi connectivity index (χ3n) is 20.5. The summed E-state index contributed by atoms with van der Waals surface area (Å²) in [7, 11) is 0. The standard InChI is InChI=1S/C105H116O27/c1-8-96(106)124-63-21-15-12-18-60-121-90-51-54-93(75(5)69-90)102(112)130-87-45-39-84(40-46-87)127-99(109)78-27-33-81(34-28-78)118-66-24-57-115-72-105(11-4,73-116-58-25-67-119-82-35-29-79(30-36-82)100(110)128-85-41-47-88(48-42-85)131-103(113)94-55-52-91(70-76(94)6)122-61-19-13-16-22-64-125-97(107)9-2)74-117-59-26-68-120-83-37-31-80(32-38-83)101(111)129-86-43-49-89(50-44-86)132-104(114)95-56-53-92(71-77(95)7)123-62-20-14-17-23-65-126-98(108)10-3/h8-10,27-56,69-71H,1-3,11-26,57-68,72-74H2,4-7H3. The molecule has 0 atom stereocenters. The minimum absolute atomic E-state index is 0.248. The molecule has 0 heterocycles. The van der Waals surface area contributed by atoms with E-state index in [1.54, 1.807) is 148 Å². The van der Waals surface area contributed by atoms with Crippen LogP contribution in [0.2, 0.25) is 0 Å². The number of hydrogen-bond donors (Lipinski definition) is 0. The Balaban J connectivity index is 0.688. The molecular formula is C105H116O27. The van der Waals surface area contributed by atoms with Crippen molar-refractivity contribution in [3.8, 4) is 69.0 Å². The molecule has 0 spiro atoms. The van der Waals surface area contributed by atoms with Crippen molar-refractivity contribution in [2.75, 3.05) is 99.1 Å². The zero-order valence-corrected chi connectivity index (χ0v) is 75.3. The highest BCUT2D eigenvalue weighted by Crippen LogP contribution is 2.31. The molecule has 27 nitrogen and oxygen atoms in total. The number of hydrogen-bond acceptors (Lipinski definition) is 27. The van der Waals surface area contributed by atoms with Crippen molar-refractivity contribution >= 4 is 53.7 Å². The fourth-order valence-corrected chi connectivity index (χ4v) is 12.9. The van der Waals surface area contributed by atoms with E-state index in [1.165, 1.54) is 72.8 Å². The molecule has 0 radical (unpaired) electrons. The second-order valence-corrected chi connectivity index (χ2v) is 30.8. The van der Waals surface area contributed by atoms with Gasteiger partial charge >= 0.3 is 53.7 Å². The number of benzene rings is 9. The molecule has 0 N–H and O–H groups in total. The lowest BCUT2D eigenvalue weighted by atomic mass is 9.88. The molecule has 0 bridgehead atoms. The van der Waals surface area contributed by atoms with Gasteiger partial charge in [0.2, 0.25) is 0 Å². The van der Waals surface area contributed by atoms with Gasteiger partial charge in [0.15, 0.2) is 0 Å². The SMILES string of the molecule is C=CC(=O)OCCCCCCOc1ccc(C(=O)Oc2ccc(OC(=O)c3ccc(OCCCOCC(CC)(COCCCOc4ccc(C(=O)Oc5ccc(OC(=O)c6ccc(OCCCCCCOC(=O)C=C)cc6C)cc5)cc4)COCCCOc4ccc(C(=O)Oc5ccc(OC(=O)c6ccc(OCCCCCCOC(=O)C=C)cc6C)cc5)cc4)cc3)cc2)c(C)c1. The van der Waals surface area contributed by atoms with E-state index < -0.39 is 59.1 Å². The Morgan fingerprint density at radius 3 is 0.674 bits per heavy atom. The molecule has 9 rings (SSSR count). The molecule has 132 heavy (non-hydrogen) atoms.